The van der Waals surface area contributed by atoms with Crippen LogP contribution in [0.25, 0.3) is 86.4 Å². The van der Waals surface area contributed by atoms with Crippen molar-refractivity contribution >= 4 is 76.6 Å². The third-order valence-corrected chi connectivity index (χ3v) is 27.7. The standard InChI is InChI=1S/2C24H31N5O2S.C23H29N5O2S.C22H28N4O2S/c1-23(2)12-17(13-24(3,4)27-23)29(6)22-26-25-21(32-22)18-9-7-15(11-19(18)30)16-8-10-20(31)28(5)14-16;1-23(2)13-17(14-24(3,4)27-23)29(6)22-26-25-21(32-22)18-8-7-15(11-19(18)30)16-9-10-28(5)20(31)12-16;1-22(2)11-16(12-23(3,4)27-22)28(5)21-26-25-20(31-21)17-8-6-14(10-18(17)29)15-7-9-19(30)24-13-15;1-21(2)11-15(12-22(3,4)25-21)26(5)20-24-23-19(29-20)17-9-13-6-7-16(27)8-14(13)10-18(17)28/h7-11,14,17,27,30H,12-13H2,1-6H3;7-12,17,27,30H,13-14H2,1-6H3;6-10,13,16,27,29H,11-12H2,1-5H3,(H,24,30);6-10,15,25,27-28H,11-12H2,1-5H3. The van der Waals surface area contributed by atoms with E-state index < -0.39 is 0 Å². The number of phenolic OH excluding ortho intramolecular Hbond substituents is 5. The summed E-state index contributed by atoms with van der Waals surface area (Å²) in [7, 11) is 11.7. The summed E-state index contributed by atoms with van der Waals surface area (Å²) in [6.07, 6.45) is 13.2. The minimum atomic E-state index is -0.157. The summed E-state index contributed by atoms with van der Waals surface area (Å²) in [5, 5.41) is 110. The SMILES string of the molecule is CN(c1nnc(-c2cc3ccc(O)cc3cc2O)s1)C1CC(C)(C)NC(C)(C)C1.CN(c1nnc(-c2ccc(-c3ccc(=O)[nH]c3)cc2O)s1)C1CC(C)(C)NC(C)(C)C1.CN(c1nnc(-c2ccc(-c3ccc(=O)n(C)c3)cc2O)s1)C1CC(C)(C)NC(C)(C)C1.CN(c1nnc(-c2ccc(-c3ccn(C)c(=O)c3)cc2O)s1)C1CC(C)(C)NC(C)(C)C1. The van der Waals surface area contributed by atoms with Crippen LogP contribution < -0.4 is 57.5 Å². The van der Waals surface area contributed by atoms with E-state index in [1.54, 1.807) is 87.3 Å². The molecule has 124 heavy (non-hydrogen) atoms. The van der Waals surface area contributed by atoms with Crippen molar-refractivity contribution in [1.29, 1.82) is 0 Å². The van der Waals surface area contributed by atoms with Gasteiger partial charge in [0.25, 0.3) is 5.56 Å². The largest absolute Gasteiger partial charge is 0.508 e. The number of aromatic hydroxyl groups is 5. The van der Waals surface area contributed by atoms with Crippen molar-refractivity contribution in [1.82, 2.24) is 76.2 Å². The van der Waals surface area contributed by atoms with Crippen LogP contribution in [-0.4, -0.2) is 177 Å². The van der Waals surface area contributed by atoms with E-state index in [0.29, 0.717) is 66.5 Å². The number of nitrogens with one attached hydrogen (secondary N) is 5. The number of H-pyrrole nitrogens is 1. The maximum Gasteiger partial charge on any atom is 0.250 e. The van der Waals surface area contributed by atoms with Crippen molar-refractivity contribution in [2.75, 3.05) is 47.8 Å². The van der Waals surface area contributed by atoms with Crippen LogP contribution in [0.5, 0.6) is 28.7 Å². The lowest BCUT2D eigenvalue weighted by Crippen LogP contribution is -2.61. The number of nitrogens with zero attached hydrogens (tertiary/aromatic N) is 14. The fraction of sp³-hybridized carbons (Fsp3) is 0.452. The summed E-state index contributed by atoms with van der Waals surface area (Å²) in [6, 6.07) is 36.3. The van der Waals surface area contributed by atoms with Gasteiger partial charge >= 0.3 is 0 Å². The van der Waals surface area contributed by atoms with Crippen LogP contribution in [0, 0.1) is 0 Å². The molecule has 7 aromatic heterocycles. The second-order valence-electron chi connectivity index (χ2n) is 39.1. The molecule has 0 spiro atoms. The molecule has 0 unspecified atom stereocenters. The number of fused-ring (bicyclic) bond motifs is 1. The number of rotatable bonds is 15. The minimum absolute atomic E-state index is 0.0424. The molecule has 0 atom stereocenters. The second kappa shape index (κ2) is 35.1. The Bertz CT molecular complexity index is 5970. The molecule has 31 heteroatoms. The minimum Gasteiger partial charge on any atom is -0.508 e. The summed E-state index contributed by atoms with van der Waals surface area (Å²) in [5.41, 5.74) is 7.55. The van der Waals surface area contributed by atoms with Gasteiger partial charge < -0.3 is 80.5 Å². The second-order valence-corrected chi connectivity index (χ2v) is 42.9. The first-order chi connectivity index (χ1) is 57.9. The highest BCUT2D eigenvalue weighted by atomic mass is 32.1. The van der Waals surface area contributed by atoms with Crippen molar-refractivity contribution in [3.63, 3.8) is 0 Å². The van der Waals surface area contributed by atoms with E-state index in [9.17, 15) is 39.9 Å². The van der Waals surface area contributed by atoms with Gasteiger partial charge in [0.2, 0.25) is 31.6 Å². The van der Waals surface area contributed by atoms with Gasteiger partial charge in [-0.1, -0.05) is 69.6 Å². The van der Waals surface area contributed by atoms with Gasteiger partial charge in [-0.15, -0.1) is 40.8 Å². The molecule has 0 saturated carbocycles. The zero-order valence-electron chi connectivity index (χ0n) is 75.1. The van der Waals surface area contributed by atoms with Crippen LogP contribution in [0.2, 0.25) is 0 Å². The maximum absolute atomic E-state index is 11.9. The maximum atomic E-state index is 11.9. The summed E-state index contributed by atoms with van der Waals surface area (Å²) >= 11 is 5.93. The molecule has 10 N–H and O–H groups in total. The lowest BCUT2D eigenvalue weighted by molar-refractivity contribution is 0.160. The van der Waals surface area contributed by atoms with Crippen molar-refractivity contribution in [3.05, 3.63) is 171 Å². The molecule has 11 heterocycles. The van der Waals surface area contributed by atoms with Crippen molar-refractivity contribution < 1.29 is 25.5 Å². The van der Waals surface area contributed by atoms with Crippen LogP contribution in [0.4, 0.5) is 20.5 Å². The monoisotopic (exact) mass is 1760 g/mol. The van der Waals surface area contributed by atoms with Crippen LogP contribution >= 0.6 is 45.3 Å². The number of hydrogen-bond acceptors (Lipinski definition) is 28. The topological polar surface area (TPSA) is 342 Å². The predicted molar refractivity (Wildman–Crippen MR) is 505 cm³/mol. The molecule has 12 aromatic rings. The average Bonchev–Trinajstić information content (AvgIpc) is 1.46. The van der Waals surface area contributed by atoms with Gasteiger partial charge in [-0.25, -0.2) is 0 Å². The molecular formula is C93H119N19O8S4. The molecule has 0 bridgehead atoms. The van der Waals surface area contributed by atoms with E-state index in [-0.39, 0.29) is 89.7 Å². The Morgan fingerprint density at radius 2 is 0.653 bits per heavy atom. The van der Waals surface area contributed by atoms with Crippen LogP contribution in [-0.2, 0) is 14.1 Å². The highest BCUT2D eigenvalue weighted by Crippen LogP contribution is 2.46. The number of benzene rings is 5. The summed E-state index contributed by atoms with van der Waals surface area (Å²) < 4.78 is 3.04. The quantitative estimate of drug-likeness (QED) is 0.0456. The summed E-state index contributed by atoms with van der Waals surface area (Å²) in [4.78, 5) is 46.4. The molecule has 0 radical (unpaired) electrons. The Kier molecular flexibility index (Phi) is 25.8. The Morgan fingerprint density at radius 1 is 0.331 bits per heavy atom. The number of phenols is 5. The first-order valence-corrected chi connectivity index (χ1v) is 45.1. The van der Waals surface area contributed by atoms with Gasteiger partial charge in [0, 0.05) is 148 Å². The third-order valence-electron chi connectivity index (χ3n) is 23.6. The van der Waals surface area contributed by atoms with Crippen LogP contribution in [0.3, 0.4) is 0 Å². The molecular weight excluding hydrogens is 1640 g/mol. The first kappa shape index (κ1) is 91.2. The van der Waals surface area contributed by atoms with Crippen molar-refractivity contribution in [2.24, 2.45) is 14.1 Å². The molecule has 0 amide bonds. The Morgan fingerprint density at radius 3 is 0.992 bits per heavy atom. The number of anilines is 4. The van der Waals surface area contributed by atoms with Gasteiger partial charge in [0.05, 0.1) is 22.3 Å². The van der Waals surface area contributed by atoms with Crippen molar-refractivity contribution in [3.8, 4) is 104 Å². The molecule has 4 saturated heterocycles. The highest BCUT2D eigenvalue weighted by molar-refractivity contribution is 7.19. The number of pyridine rings is 3. The Balaban J connectivity index is 0.000000142. The van der Waals surface area contributed by atoms with Gasteiger partial charge in [-0.05, 0) is 285 Å². The fourth-order valence-corrected chi connectivity index (χ4v) is 22.5. The van der Waals surface area contributed by atoms with Gasteiger partial charge in [-0.2, -0.15) is 0 Å². The van der Waals surface area contributed by atoms with Crippen LogP contribution in [0.15, 0.2) is 154 Å². The molecule has 16 rings (SSSR count). The normalized spacial score (nSPS) is 18.2. The van der Waals surface area contributed by atoms with E-state index in [4.69, 9.17) is 0 Å². The zero-order chi connectivity index (χ0) is 89.9. The molecule has 5 aromatic carbocycles. The lowest BCUT2D eigenvalue weighted by atomic mass is 9.79. The highest BCUT2D eigenvalue weighted by Gasteiger charge is 2.44. The predicted octanol–water partition coefficient (Wildman–Crippen LogP) is 16.6. The number of piperidine rings is 4. The van der Waals surface area contributed by atoms with Gasteiger partial charge in [-0.3, -0.25) is 14.4 Å². The molecule has 4 aliphatic rings. The Hall–Kier alpha value is -10.5. The number of hydrogen-bond donors (Lipinski definition) is 10. The number of aromatic amines is 1. The number of aromatic nitrogens is 11. The fourth-order valence-electron chi connectivity index (χ4n) is 18.9. The third kappa shape index (κ3) is 21.9. The number of aryl methyl sites for hydroxylation is 2. The molecule has 4 aliphatic heterocycles. The molecule has 658 valence electrons. The average molecular weight is 1760 g/mol. The summed E-state index contributed by atoms with van der Waals surface area (Å²) in [6.45, 7) is 35.8. The molecule has 0 aliphatic carbocycles. The smallest absolute Gasteiger partial charge is 0.250 e. The van der Waals surface area contributed by atoms with E-state index in [2.05, 4.69) is 226 Å². The first-order valence-electron chi connectivity index (χ1n) is 41.9. The Labute approximate surface area is 741 Å². The zero-order valence-corrected chi connectivity index (χ0v) is 78.4. The van der Waals surface area contributed by atoms with Gasteiger partial charge in [0.15, 0.2) is 20.0 Å². The lowest BCUT2D eigenvalue weighted by Gasteiger charge is -2.48. The van der Waals surface area contributed by atoms with Crippen LogP contribution in [0.1, 0.15) is 162 Å². The molecule has 4 fully saturated rings. The van der Waals surface area contributed by atoms with E-state index in [1.165, 1.54) is 66.6 Å². The van der Waals surface area contributed by atoms with Crippen molar-refractivity contribution in [2.45, 2.75) is 231 Å². The molecule has 27 nitrogen and oxygen atoms in total. The van der Waals surface area contributed by atoms with E-state index in [1.807, 2.05) is 54.6 Å². The summed E-state index contributed by atoms with van der Waals surface area (Å²) in [5.74, 6) is 0.719. The van der Waals surface area contributed by atoms with Gasteiger partial charge in [0.1, 0.15) is 28.7 Å². The van der Waals surface area contributed by atoms with E-state index in [0.717, 1.165) is 116 Å². The van der Waals surface area contributed by atoms with E-state index >= 15 is 0 Å².